The molecular formula is C29H43Cl. The average Bonchev–Trinajstić information content (AvgIpc) is 2.81. The van der Waals surface area contributed by atoms with Gasteiger partial charge in [-0.25, -0.2) is 0 Å². The van der Waals surface area contributed by atoms with E-state index in [-0.39, 0.29) is 0 Å². The lowest BCUT2D eigenvalue weighted by Gasteiger charge is -2.37. The molecule has 0 spiro atoms. The zero-order chi connectivity index (χ0) is 20.8. The SMILES string of the molecule is CCC[C@H]1CC[C@H](c2ccc(C3CCC([C@H]4CC[C@H](/C=C/Cl)CC4)CC3)cc2)CC1. The number of hydrogen-bond donors (Lipinski definition) is 0. The van der Waals surface area contributed by atoms with Crippen LogP contribution in [0.1, 0.15) is 120 Å². The van der Waals surface area contributed by atoms with Crippen LogP contribution in [0.25, 0.3) is 0 Å². The predicted octanol–water partition coefficient (Wildman–Crippen LogP) is 9.59. The first kappa shape index (κ1) is 22.4. The van der Waals surface area contributed by atoms with E-state index in [1.165, 1.54) is 89.9 Å². The van der Waals surface area contributed by atoms with Crippen molar-refractivity contribution in [3.05, 3.63) is 47.0 Å². The summed E-state index contributed by atoms with van der Waals surface area (Å²) in [6, 6.07) is 9.94. The van der Waals surface area contributed by atoms with Crippen molar-refractivity contribution >= 4 is 11.6 Å². The molecule has 166 valence electrons. The van der Waals surface area contributed by atoms with Gasteiger partial charge in [0.05, 0.1) is 0 Å². The highest BCUT2D eigenvalue weighted by Crippen LogP contribution is 2.44. The largest absolute Gasteiger partial charge is 0.0933 e. The Labute approximate surface area is 190 Å². The number of allylic oxidation sites excluding steroid dienone is 1. The number of benzene rings is 1. The van der Waals surface area contributed by atoms with Crippen LogP contribution in [-0.4, -0.2) is 0 Å². The van der Waals surface area contributed by atoms with Gasteiger partial charge in [0.1, 0.15) is 0 Å². The molecule has 0 N–H and O–H groups in total. The lowest BCUT2D eigenvalue weighted by Crippen LogP contribution is -2.25. The zero-order valence-electron chi connectivity index (χ0n) is 19.2. The number of hydrogen-bond acceptors (Lipinski definition) is 0. The molecule has 0 aromatic heterocycles. The van der Waals surface area contributed by atoms with E-state index in [2.05, 4.69) is 37.3 Å². The van der Waals surface area contributed by atoms with E-state index < -0.39 is 0 Å². The lowest BCUT2D eigenvalue weighted by molar-refractivity contribution is 0.171. The summed E-state index contributed by atoms with van der Waals surface area (Å²) in [5.41, 5.74) is 4.97. The fraction of sp³-hybridized carbons (Fsp3) is 0.724. The van der Waals surface area contributed by atoms with E-state index in [1.54, 1.807) is 16.7 Å². The Hall–Kier alpha value is -0.750. The molecule has 0 radical (unpaired) electrons. The van der Waals surface area contributed by atoms with Crippen molar-refractivity contribution < 1.29 is 0 Å². The topological polar surface area (TPSA) is 0 Å². The van der Waals surface area contributed by atoms with Gasteiger partial charge in [0, 0.05) is 5.54 Å². The minimum Gasteiger partial charge on any atom is -0.0933 e. The first-order valence-corrected chi connectivity index (χ1v) is 13.6. The molecule has 3 aliphatic carbocycles. The fourth-order valence-electron chi connectivity index (χ4n) is 7.07. The third-order valence-corrected chi connectivity index (χ3v) is 9.17. The third-order valence-electron chi connectivity index (χ3n) is 9.02. The summed E-state index contributed by atoms with van der Waals surface area (Å²) in [6.45, 7) is 2.34. The highest BCUT2D eigenvalue weighted by Gasteiger charge is 2.31. The molecule has 1 aromatic rings. The minimum atomic E-state index is 0.746. The van der Waals surface area contributed by atoms with Gasteiger partial charge in [-0.05, 0) is 124 Å². The van der Waals surface area contributed by atoms with E-state index >= 15 is 0 Å². The van der Waals surface area contributed by atoms with Crippen LogP contribution in [-0.2, 0) is 0 Å². The average molecular weight is 427 g/mol. The molecule has 1 heteroatoms. The van der Waals surface area contributed by atoms with Crippen molar-refractivity contribution in [2.75, 3.05) is 0 Å². The molecule has 4 rings (SSSR count). The first-order valence-electron chi connectivity index (χ1n) is 13.1. The molecule has 0 unspecified atom stereocenters. The third kappa shape index (κ3) is 5.73. The Kier molecular flexibility index (Phi) is 8.39. The van der Waals surface area contributed by atoms with Crippen LogP contribution >= 0.6 is 11.6 Å². The minimum absolute atomic E-state index is 0.746. The fourth-order valence-corrected chi connectivity index (χ4v) is 7.27. The van der Waals surface area contributed by atoms with Gasteiger partial charge in [-0.3, -0.25) is 0 Å². The van der Waals surface area contributed by atoms with Gasteiger partial charge in [0.2, 0.25) is 0 Å². The van der Waals surface area contributed by atoms with E-state index in [0.717, 1.165) is 35.5 Å². The van der Waals surface area contributed by atoms with Crippen molar-refractivity contribution in [3.8, 4) is 0 Å². The van der Waals surface area contributed by atoms with E-state index in [9.17, 15) is 0 Å². The van der Waals surface area contributed by atoms with E-state index in [0.29, 0.717) is 0 Å². The second-order valence-electron chi connectivity index (χ2n) is 10.8. The second-order valence-corrected chi connectivity index (χ2v) is 11.0. The van der Waals surface area contributed by atoms with Gasteiger partial charge in [-0.1, -0.05) is 61.7 Å². The van der Waals surface area contributed by atoms with E-state index in [1.807, 2.05) is 0 Å². The highest BCUT2D eigenvalue weighted by atomic mass is 35.5. The zero-order valence-corrected chi connectivity index (χ0v) is 20.0. The smallest absolute Gasteiger partial charge is 0.000525 e. The summed E-state index contributed by atoms with van der Waals surface area (Å²) in [5.74, 6) is 5.36. The van der Waals surface area contributed by atoms with Crippen LogP contribution in [0.4, 0.5) is 0 Å². The summed E-state index contributed by atoms with van der Waals surface area (Å²) in [6.07, 6.45) is 22.1. The number of halogens is 1. The van der Waals surface area contributed by atoms with Gasteiger partial charge < -0.3 is 0 Å². The first-order chi connectivity index (χ1) is 14.8. The van der Waals surface area contributed by atoms with Gasteiger partial charge >= 0.3 is 0 Å². The Morgan fingerprint density at radius 1 is 0.700 bits per heavy atom. The van der Waals surface area contributed by atoms with Gasteiger partial charge in [0.15, 0.2) is 0 Å². The quantitative estimate of drug-likeness (QED) is 0.424. The van der Waals surface area contributed by atoms with Crippen LogP contribution < -0.4 is 0 Å². The van der Waals surface area contributed by atoms with Crippen molar-refractivity contribution in [2.24, 2.45) is 23.7 Å². The van der Waals surface area contributed by atoms with Crippen LogP contribution in [0.2, 0.25) is 0 Å². The van der Waals surface area contributed by atoms with Gasteiger partial charge in [0.25, 0.3) is 0 Å². The molecule has 0 atom stereocenters. The van der Waals surface area contributed by atoms with Crippen LogP contribution in [0.15, 0.2) is 35.9 Å². The Morgan fingerprint density at radius 3 is 1.63 bits per heavy atom. The molecule has 0 aliphatic heterocycles. The highest BCUT2D eigenvalue weighted by molar-refractivity contribution is 6.25. The summed E-state index contributed by atoms with van der Waals surface area (Å²) in [7, 11) is 0. The summed E-state index contributed by atoms with van der Waals surface area (Å²) < 4.78 is 0. The van der Waals surface area contributed by atoms with Crippen LogP contribution in [0, 0.1) is 23.7 Å². The molecular weight excluding hydrogens is 384 g/mol. The molecule has 3 fully saturated rings. The Bertz CT molecular complexity index is 635. The molecule has 0 amide bonds. The molecule has 1 aromatic carbocycles. The van der Waals surface area contributed by atoms with Crippen molar-refractivity contribution in [3.63, 3.8) is 0 Å². The van der Waals surface area contributed by atoms with E-state index in [4.69, 9.17) is 11.6 Å². The lowest BCUT2D eigenvalue weighted by atomic mass is 9.68. The molecule has 30 heavy (non-hydrogen) atoms. The summed E-state index contributed by atoms with van der Waals surface area (Å²) >= 11 is 5.78. The second kappa shape index (κ2) is 11.2. The van der Waals surface area contributed by atoms with Crippen molar-refractivity contribution in [1.29, 1.82) is 0 Å². The van der Waals surface area contributed by atoms with Crippen molar-refractivity contribution in [1.82, 2.24) is 0 Å². The van der Waals surface area contributed by atoms with Crippen LogP contribution in [0.5, 0.6) is 0 Å². The Morgan fingerprint density at radius 2 is 1.17 bits per heavy atom. The Balaban J connectivity index is 1.23. The molecule has 0 nitrogen and oxygen atoms in total. The molecule has 3 saturated carbocycles. The normalized spacial score (nSPS) is 35.5. The molecule has 0 heterocycles. The monoisotopic (exact) mass is 426 g/mol. The standard InChI is InChI=1S/C29H43Cl/c1-2-3-22-4-8-24(9-5-22)26-12-16-28(17-13-26)29-18-14-27(15-19-29)25-10-6-23(7-11-25)20-21-30/h12-13,16-17,20-25,27,29H,2-11,14-15,18-19H2,1H3/b21-20+/t22-,23-,24-,25-,27?,29?. The maximum atomic E-state index is 5.78. The summed E-state index contributed by atoms with van der Waals surface area (Å²) in [5, 5.41) is 0. The summed E-state index contributed by atoms with van der Waals surface area (Å²) in [4.78, 5) is 0. The van der Waals surface area contributed by atoms with Crippen LogP contribution in [0.3, 0.4) is 0 Å². The predicted molar refractivity (Wildman–Crippen MR) is 131 cm³/mol. The molecule has 0 bridgehead atoms. The van der Waals surface area contributed by atoms with Crippen molar-refractivity contribution in [2.45, 2.75) is 109 Å². The molecule has 0 saturated heterocycles. The number of rotatable bonds is 6. The maximum Gasteiger partial charge on any atom is 0.000525 e. The van der Waals surface area contributed by atoms with Gasteiger partial charge in [-0.2, -0.15) is 0 Å². The maximum absolute atomic E-state index is 5.78. The molecule has 3 aliphatic rings. The van der Waals surface area contributed by atoms with Gasteiger partial charge in [-0.15, -0.1) is 0 Å².